The van der Waals surface area contributed by atoms with Gasteiger partial charge < -0.3 is 14.6 Å². The van der Waals surface area contributed by atoms with E-state index in [1.54, 1.807) is 25.4 Å². The summed E-state index contributed by atoms with van der Waals surface area (Å²) in [4.78, 5) is 34.9. The molecule has 2 bridgehead atoms. The summed E-state index contributed by atoms with van der Waals surface area (Å²) in [5.41, 5.74) is 2.10. The zero-order valence-corrected chi connectivity index (χ0v) is 18.7. The van der Waals surface area contributed by atoms with Gasteiger partial charge in [0.2, 0.25) is 5.43 Å². The van der Waals surface area contributed by atoms with E-state index in [1.165, 1.54) is 37.8 Å². The molecule has 1 aromatic carbocycles. The van der Waals surface area contributed by atoms with Gasteiger partial charge in [-0.05, 0) is 62.6 Å². The van der Waals surface area contributed by atoms with Crippen molar-refractivity contribution in [2.45, 2.75) is 50.6 Å². The number of hydrogen-bond donors (Lipinski definition) is 1. The minimum absolute atomic E-state index is 0.134. The van der Waals surface area contributed by atoms with Crippen LogP contribution in [-0.2, 0) is 0 Å². The third kappa shape index (κ3) is 3.03. The molecule has 0 saturated carbocycles. The van der Waals surface area contributed by atoms with E-state index in [1.807, 2.05) is 11.0 Å². The number of aromatic nitrogens is 1. The zero-order valence-electron chi connectivity index (χ0n) is 18.7. The van der Waals surface area contributed by atoms with Crippen molar-refractivity contribution in [2.24, 2.45) is 11.8 Å². The molecule has 2 aromatic rings. The van der Waals surface area contributed by atoms with Crippen molar-refractivity contribution in [3.05, 3.63) is 51.8 Å². The molecule has 3 aliphatic heterocycles. The van der Waals surface area contributed by atoms with Crippen LogP contribution in [0.5, 0.6) is 5.75 Å². The minimum atomic E-state index is -0.216. The summed E-state index contributed by atoms with van der Waals surface area (Å²) in [6.07, 6.45) is 11.3. The van der Waals surface area contributed by atoms with Gasteiger partial charge in [0.1, 0.15) is 11.3 Å². The van der Waals surface area contributed by atoms with Gasteiger partial charge in [0.15, 0.2) is 0 Å². The second-order valence-electron chi connectivity index (χ2n) is 9.92. The Morgan fingerprint density at radius 2 is 2.09 bits per heavy atom. The molecular weight excluding hydrogens is 402 g/mol. The highest BCUT2D eigenvalue weighted by Gasteiger charge is 2.47. The number of fused-ring (bicyclic) bond motifs is 7. The average molecular weight is 434 g/mol. The SMILES string of the molecule is COc1cccc2c(=O)c(C(=O)N3CCCC4=C[C@H]5C[C@H](CN6CCCC[C@H]56)[C@@H]43)c[nH]c12. The van der Waals surface area contributed by atoms with Gasteiger partial charge in [-0.1, -0.05) is 24.1 Å². The van der Waals surface area contributed by atoms with E-state index in [4.69, 9.17) is 4.74 Å². The van der Waals surface area contributed by atoms with Crippen LogP contribution in [0.1, 0.15) is 48.9 Å². The molecule has 1 N–H and O–H groups in total. The highest BCUT2D eigenvalue weighted by Crippen LogP contribution is 2.45. The van der Waals surface area contributed by atoms with Crippen LogP contribution < -0.4 is 10.2 Å². The second-order valence-corrected chi connectivity index (χ2v) is 9.92. The predicted octanol–water partition coefficient (Wildman–Crippen LogP) is 3.57. The zero-order chi connectivity index (χ0) is 21.8. The number of piperidine rings is 3. The molecule has 1 amide bonds. The average Bonchev–Trinajstić information content (AvgIpc) is 2.83. The Hall–Kier alpha value is -2.60. The summed E-state index contributed by atoms with van der Waals surface area (Å²) in [6.45, 7) is 2.99. The van der Waals surface area contributed by atoms with E-state index < -0.39 is 0 Å². The number of H-pyrrole nitrogens is 1. The van der Waals surface area contributed by atoms with Crippen molar-refractivity contribution in [1.29, 1.82) is 0 Å². The van der Waals surface area contributed by atoms with Gasteiger partial charge in [-0.25, -0.2) is 0 Å². The maximum absolute atomic E-state index is 13.8. The van der Waals surface area contributed by atoms with Crippen molar-refractivity contribution in [3.63, 3.8) is 0 Å². The lowest BCUT2D eigenvalue weighted by atomic mass is 9.68. The fraction of sp³-hybridized carbons (Fsp3) is 0.538. The fourth-order valence-electron chi connectivity index (χ4n) is 6.91. The van der Waals surface area contributed by atoms with E-state index in [-0.39, 0.29) is 22.9 Å². The molecule has 0 spiro atoms. The largest absolute Gasteiger partial charge is 0.495 e. The first-order valence-corrected chi connectivity index (χ1v) is 12.1. The molecule has 0 unspecified atom stereocenters. The van der Waals surface area contributed by atoms with Crippen LogP contribution in [0.15, 0.2) is 40.8 Å². The Kier molecular flexibility index (Phi) is 4.86. The van der Waals surface area contributed by atoms with Crippen LogP contribution in [0.3, 0.4) is 0 Å². The van der Waals surface area contributed by atoms with Crippen molar-refractivity contribution in [2.75, 3.05) is 26.7 Å². The minimum Gasteiger partial charge on any atom is -0.495 e. The number of likely N-dealkylation sites (tertiary alicyclic amines) is 1. The molecule has 4 heterocycles. The maximum Gasteiger partial charge on any atom is 0.259 e. The first-order chi connectivity index (χ1) is 15.7. The third-order valence-corrected chi connectivity index (χ3v) is 8.24. The summed E-state index contributed by atoms with van der Waals surface area (Å²) in [5, 5.41) is 0.500. The Labute approximate surface area is 188 Å². The van der Waals surface area contributed by atoms with Crippen LogP contribution in [0.2, 0.25) is 0 Å². The highest BCUT2D eigenvalue weighted by molar-refractivity contribution is 5.98. The third-order valence-electron chi connectivity index (χ3n) is 8.24. The number of hydrogen-bond acceptors (Lipinski definition) is 4. The lowest BCUT2D eigenvalue weighted by Gasteiger charge is -2.54. The monoisotopic (exact) mass is 433 g/mol. The lowest BCUT2D eigenvalue weighted by Crippen LogP contribution is -2.60. The lowest BCUT2D eigenvalue weighted by molar-refractivity contribution is 0.00143. The van der Waals surface area contributed by atoms with Crippen molar-refractivity contribution in [3.8, 4) is 5.75 Å². The number of carbonyl (C=O) groups excluding carboxylic acids is 1. The molecule has 3 saturated heterocycles. The smallest absolute Gasteiger partial charge is 0.259 e. The summed E-state index contributed by atoms with van der Waals surface area (Å²) >= 11 is 0. The van der Waals surface area contributed by atoms with Gasteiger partial charge in [-0.15, -0.1) is 0 Å². The topological polar surface area (TPSA) is 65.6 Å². The first-order valence-electron chi connectivity index (χ1n) is 12.1. The molecular formula is C26H31N3O3. The molecule has 6 nitrogen and oxygen atoms in total. The Bertz CT molecular complexity index is 1150. The molecule has 6 rings (SSSR count). The van der Waals surface area contributed by atoms with Gasteiger partial charge in [0, 0.05) is 25.3 Å². The number of amides is 1. The number of para-hydroxylation sites is 1. The number of nitrogens with one attached hydrogen (secondary N) is 1. The Morgan fingerprint density at radius 3 is 2.97 bits per heavy atom. The number of rotatable bonds is 2. The number of ether oxygens (including phenoxy) is 1. The highest BCUT2D eigenvalue weighted by atomic mass is 16.5. The number of benzene rings is 1. The van der Waals surface area contributed by atoms with Gasteiger partial charge in [0.25, 0.3) is 5.91 Å². The molecule has 6 heteroatoms. The normalized spacial score (nSPS) is 29.8. The standard InChI is InChI=1S/C26H31N3O3/c1-32-22-9-4-7-19-23(22)27-14-20(25(19)30)26(31)29-11-5-6-16-12-17-13-18(24(16)29)15-28-10-3-2-8-21(17)28/h4,7,9,12,14,17-18,21,24H,2-3,5-6,8,10-11,13,15H2,1H3,(H,27,30)/t17-,18+,21+,24+/m0/s1. The molecule has 4 aliphatic rings. The molecule has 3 fully saturated rings. The summed E-state index contributed by atoms with van der Waals surface area (Å²) < 4.78 is 5.38. The van der Waals surface area contributed by atoms with Crippen molar-refractivity contribution >= 4 is 16.8 Å². The number of methoxy groups -OCH3 is 1. The number of nitrogens with zero attached hydrogens (tertiary/aromatic N) is 2. The van der Waals surface area contributed by atoms with E-state index >= 15 is 0 Å². The Balaban J connectivity index is 1.36. The fourth-order valence-corrected chi connectivity index (χ4v) is 6.91. The summed E-state index contributed by atoms with van der Waals surface area (Å²) in [7, 11) is 1.58. The number of carbonyl (C=O) groups is 1. The van der Waals surface area contributed by atoms with Crippen LogP contribution in [0.25, 0.3) is 10.9 Å². The van der Waals surface area contributed by atoms with Crippen LogP contribution in [0, 0.1) is 11.8 Å². The number of aromatic amines is 1. The molecule has 4 atom stereocenters. The quantitative estimate of drug-likeness (QED) is 0.736. The predicted molar refractivity (Wildman–Crippen MR) is 124 cm³/mol. The van der Waals surface area contributed by atoms with E-state index in [2.05, 4.69) is 16.0 Å². The van der Waals surface area contributed by atoms with Crippen LogP contribution in [0.4, 0.5) is 0 Å². The maximum atomic E-state index is 13.8. The van der Waals surface area contributed by atoms with Gasteiger partial charge >= 0.3 is 0 Å². The van der Waals surface area contributed by atoms with Gasteiger partial charge in [-0.3, -0.25) is 14.5 Å². The van der Waals surface area contributed by atoms with E-state index in [0.717, 1.165) is 25.9 Å². The summed E-state index contributed by atoms with van der Waals surface area (Å²) in [5.74, 6) is 1.58. The molecule has 1 aromatic heterocycles. The van der Waals surface area contributed by atoms with E-state index in [0.29, 0.717) is 34.5 Å². The molecule has 1 aliphatic carbocycles. The van der Waals surface area contributed by atoms with Crippen LogP contribution >= 0.6 is 0 Å². The first kappa shape index (κ1) is 20.0. The Morgan fingerprint density at radius 1 is 1.19 bits per heavy atom. The van der Waals surface area contributed by atoms with Gasteiger partial charge in [0.05, 0.1) is 24.1 Å². The van der Waals surface area contributed by atoms with Crippen molar-refractivity contribution in [1.82, 2.24) is 14.8 Å². The van der Waals surface area contributed by atoms with Crippen LogP contribution in [-0.4, -0.2) is 59.5 Å². The van der Waals surface area contributed by atoms with Gasteiger partial charge in [-0.2, -0.15) is 0 Å². The van der Waals surface area contributed by atoms with Crippen molar-refractivity contribution < 1.29 is 9.53 Å². The second kappa shape index (κ2) is 7.77. The summed E-state index contributed by atoms with van der Waals surface area (Å²) in [6, 6.07) is 6.20. The molecule has 0 radical (unpaired) electrons. The molecule has 32 heavy (non-hydrogen) atoms. The molecule has 168 valence electrons. The number of pyridine rings is 1. The van der Waals surface area contributed by atoms with E-state index in [9.17, 15) is 9.59 Å².